The molecule has 3 nitrogen and oxygen atoms in total. The van der Waals surface area contributed by atoms with Gasteiger partial charge in [-0.05, 0) is 19.8 Å². The highest BCUT2D eigenvalue weighted by Gasteiger charge is 1.94. The van der Waals surface area contributed by atoms with Crippen molar-refractivity contribution in [2.45, 2.75) is 25.9 Å². The fourth-order valence-corrected chi connectivity index (χ4v) is 0.704. The molecule has 0 rings (SSSR count). The third-order valence-electron chi connectivity index (χ3n) is 1.25. The van der Waals surface area contributed by atoms with Crippen LogP contribution < -0.4 is 0 Å². The normalized spacial score (nSPS) is 13.4. The van der Waals surface area contributed by atoms with Crippen LogP contribution in [0.2, 0.25) is 0 Å². The Morgan fingerprint density at radius 2 is 1.91 bits per heavy atom. The lowest BCUT2D eigenvalue weighted by atomic mass is 10.3. The van der Waals surface area contributed by atoms with Gasteiger partial charge in [0, 0.05) is 20.3 Å². The van der Waals surface area contributed by atoms with Crippen LogP contribution in [0.15, 0.2) is 0 Å². The summed E-state index contributed by atoms with van der Waals surface area (Å²) in [6, 6.07) is 0. The predicted molar refractivity (Wildman–Crippen MR) is 43.6 cm³/mol. The number of methoxy groups -OCH3 is 1. The second-order valence-electron chi connectivity index (χ2n) is 2.62. The lowest BCUT2D eigenvalue weighted by Gasteiger charge is -2.05. The number of ether oxygens (including phenoxy) is 2. The fraction of sp³-hybridized carbons (Fsp3) is 1.00. The molecule has 0 spiro atoms. The van der Waals surface area contributed by atoms with Gasteiger partial charge in [-0.3, -0.25) is 0 Å². The van der Waals surface area contributed by atoms with E-state index < -0.39 is 0 Å². The van der Waals surface area contributed by atoms with Gasteiger partial charge in [-0.1, -0.05) is 0 Å². The molecule has 0 heterocycles. The van der Waals surface area contributed by atoms with E-state index in [1.54, 1.807) is 14.0 Å². The maximum atomic E-state index is 8.81. The van der Waals surface area contributed by atoms with Crippen molar-refractivity contribution in [1.29, 1.82) is 0 Å². The van der Waals surface area contributed by atoms with Crippen molar-refractivity contribution in [3.63, 3.8) is 0 Å². The molecule has 68 valence electrons. The number of hydrogen-bond donors (Lipinski definition) is 1. The highest BCUT2D eigenvalue weighted by molar-refractivity contribution is 4.42. The summed E-state index contributed by atoms with van der Waals surface area (Å²) in [6.07, 6.45) is 1.68. The maximum Gasteiger partial charge on any atom is 0.0745 e. The van der Waals surface area contributed by atoms with E-state index in [9.17, 15) is 0 Å². The van der Waals surface area contributed by atoms with Crippen molar-refractivity contribution >= 4 is 0 Å². The van der Waals surface area contributed by atoms with Crippen LogP contribution in [0.5, 0.6) is 0 Å². The van der Waals surface area contributed by atoms with Gasteiger partial charge >= 0.3 is 0 Å². The molecule has 0 radical (unpaired) electrons. The Kier molecular flexibility index (Phi) is 7.89. The first-order valence-electron chi connectivity index (χ1n) is 4.02. The van der Waals surface area contributed by atoms with E-state index in [0.29, 0.717) is 13.2 Å². The predicted octanol–water partition coefficient (Wildman–Crippen LogP) is 0.810. The molecule has 0 saturated carbocycles. The van der Waals surface area contributed by atoms with Gasteiger partial charge in [0.1, 0.15) is 0 Å². The number of unbranched alkanes of at least 4 members (excludes halogenated alkanes) is 1. The molecule has 3 heteroatoms. The number of aliphatic hydroxyl groups is 1. The molecule has 0 fully saturated rings. The van der Waals surface area contributed by atoms with Crippen LogP contribution >= 0.6 is 0 Å². The first-order valence-corrected chi connectivity index (χ1v) is 4.02. The van der Waals surface area contributed by atoms with Crippen LogP contribution in [-0.2, 0) is 9.47 Å². The molecule has 0 aromatic carbocycles. The highest BCUT2D eigenvalue weighted by Crippen LogP contribution is 1.91. The smallest absolute Gasteiger partial charge is 0.0745 e. The molecule has 0 aliphatic rings. The monoisotopic (exact) mass is 162 g/mol. The third-order valence-corrected chi connectivity index (χ3v) is 1.25. The van der Waals surface area contributed by atoms with Gasteiger partial charge in [-0.25, -0.2) is 0 Å². The van der Waals surface area contributed by atoms with Gasteiger partial charge in [0.05, 0.1) is 12.7 Å². The summed E-state index contributed by atoms with van der Waals surface area (Å²) in [7, 11) is 1.69. The summed E-state index contributed by atoms with van der Waals surface area (Å²) >= 11 is 0. The summed E-state index contributed by atoms with van der Waals surface area (Å²) in [5, 5.41) is 8.81. The standard InChI is InChI=1S/C8H18O3/c1-8(9)7-11-6-4-3-5-10-2/h8-9H,3-7H2,1-2H3. The Morgan fingerprint density at radius 1 is 1.27 bits per heavy atom. The summed E-state index contributed by atoms with van der Waals surface area (Å²) in [5.74, 6) is 0. The first-order chi connectivity index (χ1) is 5.27. The van der Waals surface area contributed by atoms with E-state index in [4.69, 9.17) is 14.6 Å². The van der Waals surface area contributed by atoms with Crippen molar-refractivity contribution in [3.05, 3.63) is 0 Å². The maximum absolute atomic E-state index is 8.81. The van der Waals surface area contributed by atoms with Gasteiger partial charge in [0.2, 0.25) is 0 Å². The van der Waals surface area contributed by atoms with E-state index >= 15 is 0 Å². The fourth-order valence-electron chi connectivity index (χ4n) is 0.704. The van der Waals surface area contributed by atoms with Gasteiger partial charge in [-0.15, -0.1) is 0 Å². The lowest BCUT2D eigenvalue weighted by Crippen LogP contribution is -2.11. The summed E-state index contributed by atoms with van der Waals surface area (Å²) < 4.78 is 10.0. The SMILES string of the molecule is COCCCCOCC(C)O. The third kappa shape index (κ3) is 9.88. The van der Waals surface area contributed by atoms with E-state index in [2.05, 4.69) is 0 Å². The van der Waals surface area contributed by atoms with Crippen molar-refractivity contribution < 1.29 is 14.6 Å². The van der Waals surface area contributed by atoms with Crippen LogP contribution in [0.25, 0.3) is 0 Å². The molecule has 0 aliphatic heterocycles. The molecule has 1 N–H and O–H groups in total. The number of aliphatic hydroxyl groups excluding tert-OH is 1. The van der Waals surface area contributed by atoms with Crippen LogP contribution in [-0.4, -0.2) is 38.1 Å². The zero-order valence-electron chi connectivity index (χ0n) is 7.38. The Morgan fingerprint density at radius 3 is 2.45 bits per heavy atom. The van der Waals surface area contributed by atoms with Crippen LogP contribution in [0.1, 0.15) is 19.8 Å². The molecule has 0 aliphatic carbocycles. The first kappa shape index (κ1) is 10.9. The molecule has 0 saturated heterocycles. The summed E-state index contributed by atoms with van der Waals surface area (Å²) in [4.78, 5) is 0. The van der Waals surface area contributed by atoms with Crippen molar-refractivity contribution in [3.8, 4) is 0 Å². The molecule has 1 atom stereocenters. The van der Waals surface area contributed by atoms with Crippen LogP contribution in [0.3, 0.4) is 0 Å². The average molecular weight is 162 g/mol. The second-order valence-corrected chi connectivity index (χ2v) is 2.62. The molecular weight excluding hydrogens is 144 g/mol. The molecule has 0 bridgehead atoms. The zero-order valence-corrected chi connectivity index (χ0v) is 7.38. The van der Waals surface area contributed by atoms with Crippen molar-refractivity contribution in [1.82, 2.24) is 0 Å². The van der Waals surface area contributed by atoms with Crippen molar-refractivity contribution in [2.75, 3.05) is 26.9 Å². The largest absolute Gasteiger partial charge is 0.391 e. The van der Waals surface area contributed by atoms with Crippen LogP contribution in [0.4, 0.5) is 0 Å². The lowest BCUT2D eigenvalue weighted by molar-refractivity contribution is 0.0424. The number of rotatable bonds is 7. The van der Waals surface area contributed by atoms with E-state index in [1.807, 2.05) is 0 Å². The minimum Gasteiger partial charge on any atom is -0.391 e. The average Bonchev–Trinajstić information content (AvgIpc) is 1.96. The van der Waals surface area contributed by atoms with E-state index in [1.165, 1.54) is 0 Å². The topological polar surface area (TPSA) is 38.7 Å². The quantitative estimate of drug-likeness (QED) is 0.563. The van der Waals surface area contributed by atoms with Crippen molar-refractivity contribution in [2.24, 2.45) is 0 Å². The molecular formula is C8H18O3. The van der Waals surface area contributed by atoms with Gasteiger partial charge < -0.3 is 14.6 Å². The van der Waals surface area contributed by atoms with Crippen LogP contribution in [0, 0.1) is 0 Å². The number of hydrogen-bond acceptors (Lipinski definition) is 3. The zero-order chi connectivity index (χ0) is 8.53. The summed E-state index contributed by atoms with van der Waals surface area (Å²) in [6.45, 7) is 3.66. The highest BCUT2D eigenvalue weighted by atomic mass is 16.5. The minimum absolute atomic E-state index is 0.350. The van der Waals surface area contributed by atoms with Gasteiger partial charge in [0.25, 0.3) is 0 Å². The molecule has 0 aromatic heterocycles. The minimum atomic E-state index is -0.350. The van der Waals surface area contributed by atoms with Gasteiger partial charge in [-0.2, -0.15) is 0 Å². The van der Waals surface area contributed by atoms with Gasteiger partial charge in [0.15, 0.2) is 0 Å². The van der Waals surface area contributed by atoms with E-state index in [0.717, 1.165) is 19.4 Å². The second kappa shape index (κ2) is 7.98. The molecule has 0 amide bonds. The Balaban J connectivity index is 2.80. The Hall–Kier alpha value is -0.120. The summed E-state index contributed by atoms with van der Waals surface area (Å²) in [5.41, 5.74) is 0. The molecule has 0 aromatic rings. The molecule has 11 heavy (non-hydrogen) atoms. The van der Waals surface area contributed by atoms with E-state index in [-0.39, 0.29) is 6.10 Å². The molecule has 1 unspecified atom stereocenters. The Bertz CT molecular complexity index is 73.7. The Labute approximate surface area is 68.3 Å².